The number of hydrogen-bond acceptors (Lipinski definition) is 7. The van der Waals surface area contributed by atoms with E-state index in [1.165, 1.54) is 0 Å². The Morgan fingerprint density at radius 2 is 1.61 bits per heavy atom. The monoisotopic (exact) mass is 344 g/mol. The minimum Gasteiger partial charge on any atom is -1.00 e. The van der Waals surface area contributed by atoms with Crippen LogP contribution >= 0.6 is 0 Å². The van der Waals surface area contributed by atoms with E-state index < -0.39 is 0 Å². The molecule has 2 aromatic rings. The topological polar surface area (TPSA) is 92.6 Å². The summed E-state index contributed by atoms with van der Waals surface area (Å²) in [6, 6.07) is 3.50. The van der Waals surface area contributed by atoms with E-state index in [1.54, 1.807) is 33.5 Å². The first kappa shape index (κ1) is 19.0. The van der Waals surface area contributed by atoms with Crippen molar-refractivity contribution in [1.82, 2.24) is 10.2 Å². The van der Waals surface area contributed by atoms with Crippen LogP contribution in [0.25, 0.3) is 11.5 Å². The molecule has 0 saturated heterocycles. The van der Waals surface area contributed by atoms with Crippen LogP contribution in [-0.2, 0) is 6.54 Å². The van der Waals surface area contributed by atoms with Gasteiger partial charge in [0.2, 0.25) is 11.6 Å². The number of nitrogens with zero attached hydrogens (tertiary/aromatic N) is 3. The van der Waals surface area contributed by atoms with Gasteiger partial charge in [0.05, 0.1) is 35.4 Å². The Balaban J connectivity index is 0.00000264. The molecule has 0 atom stereocenters. The highest BCUT2D eigenvalue weighted by Gasteiger charge is 2.20. The van der Waals surface area contributed by atoms with E-state index in [1.807, 2.05) is 14.1 Å². The standard InChI is InChI=1S/C14H21N4O4.ClH/c1-18(2,15)8-12-16-17-14(22-12)9-6-10(19-3)13(21-5)11(7-9)20-4;/h6-7H,8,15H2,1-5H3;1H/q+1;/p-1. The molecule has 0 aliphatic heterocycles. The summed E-state index contributed by atoms with van der Waals surface area (Å²) >= 11 is 0. The van der Waals surface area contributed by atoms with Gasteiger partial charge in [0.15, 0.2) is 18.0 Å². The first-order valence-corrected chi connectivity index (χ1v) is 6.62. The fourth-order valence-electron chi connectivity index (χ4n) is 1.99. The Kier molecular flexibility index (Phi) is 6.20. The lowest BCUT2D eigenvalue weighted by molar-refractivity contribution is -0.916. The number of ether oxygens (including phenoxy) is 3. The molecule has 2 N–H and O–H groups in total. The van der Waals surface area contributed by atoms with E-state index in [2.05, 4.69) is 10.2 Å². The second kappa shape index (κ2) is 7.49. The minimum absolute atomic E-state index is 0. The lowest BCUT2D eigenvalue weighted by Gasteiger charge is -2.19. The van der Waals surface area contributed by atoms with Crippen molar-refractivity contribution < 1.29 is 35.6 Å². The van der Waals surface area contributed by atoms with Crippen molar-refractivity contribution >= 4 is 0 Å². The van der Waals surface area contributed by atoms with E-state index in [9.17, 15) is 0 Å². The quantitative estimate of drug-likeness (QED) is 0.376. The fraction of sp³-hybridized carbons (Fsp3) is 0.429. The van der Waals surface area contributed by atoms with Gasteiger partial charge in [-0.3, -0.25) is 0 Å². The number of halogens is 1. The van der Waals surface area contributed by atoms with E-state index in [4.69, 9.17) is 24.5 Å². The fourth-order valence-corrected chi connectivity index (χ4v) is 1.99. The van der Waals surface area contributed by atoms with Crippen LogP contribution in [0, 0.1) is 0 Å². The Bertz CT molecular complexity index is 629. The molecule has 1 aromatic heterocycles. The predicted molar refractivity (Wildman–Crippen MR) is 79.4 cm³/mol. The third-order valence-corrected chi connectivity index (χ3v) is 2.92. The van der Waals surface area contributed by atoms with E-state index >= 15 is 0 Å². The summed E-state index contributed by atoms with van der Waals surface area (Å²) < 4.78 is 21.8. The predicted octanol–water partition coefficient (Wildman–Crippen LogP) is -1.78. The van der Waals surface area contributed by atoms with Crippen molar-refractivity contribution in [2.24, 2.45) is 5.84 Å². The summed E-state index contributed by atoms with van der Waals surface area (Å²) in [5.41, 5.74) is 0.676. The van der Waals surface area contributed by atoms with E-state index in [-0.39, 0.29) is 17.0 Å². The van der Waals surface area contributed by atoms with Crippen LogP contribution in [0.15, 0.2) is 16.5 Å². The maximum absolute atomic E-state index is 5.90. The number of hydrogen-bond donors (Lipinski definition) is 1. The average molecular weight is 345 g/mol. The molecule has 0 fully saturated rings. The summed E-state index contributed by atoms with van der Waals surface area (Å²) in [6.45, 7) is 0.428. The Morgan fingerprint density at radius 3 is 2.04 bits per heavy atom. The van der Waals surface area contributed by atoms with Crippen LogP contribution in [0.1, 0.15) is 5.89 Å². The molecule has 23 heavy (non-hydrogen) atoms. The second-order valence-corrected chi connectivity index (χ2v) is 5.35. The van der Waals surface area contributed by atoms with Crippen LogP contribution in [-0.4, -0.2) is 50.2 Å². The Labute approximate surface area is 141 Å². The van der Waals surface area contributed by atoms with Crippen molar-refractivity contribution in [1.29, 1.82) is 0 Å². The molecule has 0 aliphatic rings. The molecular weight excluding hydrogens is 324 g/mol. The van der Waals surface area contributed by atoms with E-state index in [0.717, 1.165) is 0 Å². The molecule has 0 radical (unpaired) electrons. The molecular formula is C14H21ClN4O4. The van der Waals surface area contributed by atoms with Crippen LogP contribution in [0.3, 0.4) is 0 Å². The summed E-state index contributed by atoms with van der Waals surface area (Å²) in [5, 5.41) is 8.05. The lowest BCUT2D eigenvalue weighted by atomic mass is 10.2. The number of quaternary nitrogens is 1. The molecule has 0 spiro atoms. The van der Waals surface area contributed by atoms with Gasteiger partial charge in [-0.05, 0) is 12.1 Å². The number of benzene rings is 1. The summed E-state index contributed by atoms with van der Waals surface area (Å²) in [4.78, 5) is 0. The molecule has 9 heteroatoms. The van der Waals surface area contributed by atoms with Gasteiger partial charge >= 0.3 is 0 Å². The Hall–Kier alpha value is -2.03. The van der Waals surface area contributed by atoms with Gasteiger partial charge in [-0.1, -0.05) is 0 Å². The van der Waals surface area contributed by atoms with Gasteiger partial charge in [0.25, 0.3) is 5.89 Å². The molecule has 2 rings (SSSR count). The first-order chi connectivity index (χ1) is 10.4. The highest BCUT2D eigenvalue weighted by molar-refractivity contribution is 5.65. The molecule has 0 bridgehead atoms. The lowest BCUT2D eigenvalue weighted by Crippen LogP contribution is -3.00. The molecule has 0 amide bonds. The van der Waals surface area contributed by atoms with Crippen molar-refractivity contribution in [3.05, 3.63) is 18.0 Å². The van der Waals surface area contributed by atoms with Crippen LogP contribution < -0.4 is 32.5 Å². The Morgan fingerprint density at radius 1 is 1.04 bits per heavy atom. The third kappa shape index (κ3) is 4.47. The van der Waals surface area contributed by atoms with Gasteiger partial charge in [-0.2, -0.15) is 5.84 Å². The minimum atomic E-state index is 0. The largest absolute Gasteiger partial charge is 1.00 e. The van der Waals surface area contributed by atoms with Gasteiger partial charge in [0.1, 0.15) is 0 Å². The average Bonchev–Trinajstić information content (AvgIpc) is 2.91. The summed E-state index contributed by atoms with van der Waals surface area (Å²) in [7, 11) is 8.32. The smallest absolute Gasteiger partial charge is 0.273 e. The second-order valence-electron chi connectivity index (χ2n) is 5.35. The van der Waals surface area contributed by atoms with Crippen LogP contribution in [0.4, 0.5) is 0 Å². The van der Waals surface area contributed by atoms with Crippen molar-refractivity contribution in [2.75, 3.05) is 35.4 Å². The molecule has 0 saturated carbocycles. The highest BCUT2D eigenvalue weighted by Crippen LogP contribution is 2.40. The molecule has 0 unspecified atom stereocenters. The maximum Gasteiger partial charge on any atom is 0.273 e. The zero-order valence-corrected chi connectivity index (χ0v) is 14.5. The summed E-state index contributed by atoms with van der Waals surface area (Å²) in [5.74, 6) is 8.26. The van der Waals surface area contributed by atoms with Crippen LogP contribution in [0.2, 0.25) is 0 Å². The van der Waals surface area contributed by atoms with Crippen molar-refractivity contribution in [3.8, 4) is 28.7 Å². The summed E-state index contributed by atoms with van der Waals surface area (Å²) in [6.07, 6.45) is 0. The first-order valence-electron chi connectivity index (χ1n) is 6.62. The van der Waals surface area contributed by atoms with E-state index in [0.29, 0.717) is 41.1 Å². The molecule has 0 aliphatic carbocycles. The molecule has 128 valence electrons. The zero-order chi connectivity index (χ0) is 16.3. The molecule has 1 heterocycles. The van der Waals surface area contributed by atoms with Gasteiger partial charge in [0, 0.05) is 5.56 Å². The van der Waals surface area contributed by atoms with Crippen molar-refractivity contribution in [2.45, 2.75) is 6.54 Å². The number of nitrogens with two attached hydrogens (primary N) is 1. The van der Waals surface area contributed by atoms with Crippen molar-refractivity contribution in [3.63, 3.8) is 0 Å². The maximum atomic E-state index is 5.90. The van der Waals surface area contributed by atoms with Gasteiger partial charge < -0.3 is 31.0 Å². The highest BCUT2D eigenvalue weighted by atomic mass is 35.5. The number of rotatable bonds is 6. The number of methoxy groups -OCH3 is 3. The van der Waals surface area contributed by atoms with Gasteiger partial charge in [-0.25, -0.2) is 4.59 Å². The zero-order valence-electron chi connectivity index (χ0n) is 13.8. The number of aromatic nitrogens is 2. The third-order valence-electron chi connectivity index (χ3n) is 2.92. The molecule has 1 aromatic carbocycles. The normalized spacial score (nSPS) is 10.9. The van der Waals surface area contributed by atoms with Gasteiger partial charge in [-0.15, -0.1) is 10.2 Å². The van der Waals surface area contributed by atoms with Crippen LogP contribution in [0.5, 0.6) is 17.2 Å². The molecule has 8 nitrogen and oxygen atoms in total. The SMILES string of the molecule is COc1cc(-c2nnc(C[N+](C)(C)N)o2)cc(OC)c1OC.[Cl-].